The van der Waals surface area contributed by atoms with Gasteiger partial charge in [-0.2, -0.15) is 0 Å². The van der Waals surface area contributed by atoms with Crippen LogP contribution in [-0.4, -0.2) is 33.1 Å². The van der Waals surface area contributed by atoms with Gasteiger partial charge in [-0.15, -0.1) is 0 Å². The van der Waals surface area contributed by atoms with E-state index in [-0.39, 0.29) is 24.3 Å². The first-order chi connectivity index (χ1) is 14.4. The number of thiazole rings is 1. The van der Waals surface area contributed by atoms with Gasteiger partial charge in [-0.25, -0.2) is 9.78 Å². The molecule has 1 N–H and O–H groups in total. The average Bonchev–Trinajstić information content (AvgIpc) is 3.37. The number of aryl methyl sites for hydroxylation is 1. The molecule has 1 amide bonds. The van der Waals surface area contributed by atoms with Crippen LogP contribution in [0.25, 0.3) is 10.3 Å². The normalized spacial score (nSPS) is 13.9. The number of anilines is 2. The van der Waals surface area contributed by atoms with Crippen LogP contribution in [0.2, 0.25) is 5.02 Å². The molecule has 4 rings (SSSR count). The van der Waals surface area contributed by atoms with Crippen LogP contribution in [0.4, 0.5) is 10.8 Å². The highest BCUT2D eigenvalue weighted by atomic mass is 35.5. The largest absolute Gasteiger partial charge is 0.348 e. The van der Waals surface area contributed by atoms with E-state index in [9.17, 15) is 14.4 Å². The summed E-state index contributed by atoms with van der Waals surface area (Å²) in [6, 6.07) is 5.31. The summed E-state index contributed by atoms with van der Waals surface area (Å²) in [5, 5.41) is 3.87. The topological polar surface area (TPSA) is 89.2 Å². The number of rotatable bonds is 5. The molecule has 1 aromatic carbocycles. The Morgan fingerprint density at radius 1 is 1.23 bits per heavy atom. The Bertz CT molecular complexity index is 1240. The highest BCUT2D eigenvalue weighted by Gasteiger charge is 2.22. The first-order valence-corrected chi connectivity index (χ1v) is 11.0. The summed E-state index contributed by atoms with van der Waals surface area (Å²) in [6.45, 7) is 5.34. The molecule has 30 heavy (non-hydrogen) atoms. The van der Waals surface area contributed by atoms with E-state index >= 15 is 0 Å². The summed E-state index contributed by atoms with van der Waals surface area (Å²) in [7, 11) is 0. The number of hydrogen-bond donors (Lipinski definition) is 1. The van der Waals surface area contributed by atoms with Crippen LogP contribution in [0, 0.1) is 6.92 Å². The number of nitrogens with zero attached hydrogens (tertiary/aromatic N) is 4. The Hall–Kier alpha value is -2.65. The van der Waals surface area contributed by atoms with Crippen molar-refractivity contribution in [2.24, 2.45) is 0 Å². The second kappa shape index (κ2) is 8.23. The molecule has 10 heteroatoms. The van der Waals surface area contributed by atoms with Crippen LogP contribution in [0.5, 0.6) is 0 Å². The molecule has 0 radical (unpaired) electrons. The smallest absolute Gasteiger partial charge is 0.333 e. The van der Waals surface area contributed by atoms with Crippen molar-refractivity contribution in [1.29, 1.82) is 0 Å². The predicted octanol–water partition coefficient (Wildman–Crippen LogP) is 2.84. The molecule has 0 saturated carbocycles. The van der Waals surface area contributed by atoms with Gasteiger partial charge in [0.2, 0.25) is 5.91 Å². The zero-order valence-electron chi connectivity index (χ0n) is 16.8. The van der Waals surface area contributed by atoms with Crippen LogP contribution < -0.4 is 21.5 Å². The lowest BCUT2D eigenvalue weighted by atomic mass is 10.2. The van der Waals surface area contributed by atoms with E-state index in [0.29, 0.717) is 20.5 Å². The van der Waals surface area contributed by atoms with Crippen molar-refractivity contribution in [2.75, 3.05) is 23.3 Å². The fraction of sp³-hybridized carbons (Fsp3) is 0.400. The average molecular weight is 448 g/mol. The first-order valence-electron chi connectivity index (χ1n) is 9.84. The molecule has 0 atom stereocenters. The van der Waals surface area contributed by atoms with E-state index < -0.39 is 11.6 Å². The quantitative estimate of drug-likeness (QED) is 0.649. The number of fused-ring (bicyclic) bond motifs is 1. The maximum atomic E-state index is 12.9. The molecular formula is C20H22ClN5O3S. The zero-order chi connectivity index (χ0) is 21.4. The Kier molecular flexibility index (Phi) is 5.66. The van der Waals surface area contributed by atoms with Crippen molar-refractivity contribution in [2.45, 2.75) is 39.8 Å². The number of carbonyl (C=O) groups excluding carboxylic acids is 1. The molecule has 0 bridgehead atoms. The maximum Gasteiger partial charge on any atom is 0.333 e. The number of aromatic nitrogens is 3. The Morgan fingerprint density at radius 2 is 1.97 bits per heavy atom. The Labute approximate surface area is 181 Å². The highest BCUT2D eigenvalue weighted by molar-refractivity contribution is 7.22. The third-order valence-electron chi connectivity index (χ3n) is 5.15. The third-order valence-corrected chi connectivity index (χ3v) is 6.55. The number of benzene rings is 1. The van der Waals surface area contributed by atoms with Gasteiger partial charge >= 0.3 is 5.69 Å². The third kappa shape index (κ3) is 3.75. The van der Waals surface area contributed by atoms with E-state index in [4.69, 9.17) is 11.6 Å². The van der Waals surface area contributed by atoms with Gasteiger partial charge < -0.3 is 10.2 Å². The summed E-state index contributed by atoms with van der Waals surface area (Å²) >= 11 is 7.48. The molecule has 3 heterocycles. The minimum Gasteiger partial charge on any atom is -0.348 e. The van der Waals surface area contributed by atoms with Gasteiger partial charge in [0, 0.05) is 19.6 Å². The van der Waals surface area contributed by atoms with Crippen molar-refractivity contribution >= 4 is 50.0 Å². The Balaban J connectivity index is 1.74. The van der Waals surface area contributed by atoms with Gasteiger partial charge in [0.15, 0.2) is 10.8 Å². The molecule has 0 unspecified atom stereocenters. The minimum atomic E-state index is -0.543. The highest BCUT2D eigenvalue weighted by Crippen LogP contribution is 2.28. The SMILES string of the molecule is CCn1c(=O)c2sc(N3CCCC3)nc2n(CC(=O)Nc2ccc(C)cc2Cl)c1=O. The summed E-state index contributed by atoms with van der Waals surface area (Å²) in [5.74, 6) is -0.416. The monoisotopic (exact) mass is 447 g/mol. The van der Waals surface area contributed by atoms with Crippen LogP contribution >= 0.6 is 22.9 Å². The molecule has 1 fully saturated rings. The summed E-state index contributed by atoms with van der Waals surface area (Å²) in [5.41, 5.74) is 0.795. The minimum absolute atomic E-state index is 0.218. The van der Waals surface area contributed by atoms with Gasteiger partial charge in [0.25, 0.3) is 5.56 Å². The second-order valence-corrected chi connectivity index (χ2v) is 8.68. The number of carbonyl (C=O) groups is 1. The maximum absolute atomic E-state index is 12.9. The summed E-state index contributed by atoms with van der Waals surface area (Å²) in [4.78, 5) is 45.1. The molecule has 1 saturated heterocycles. The van der Waals surface area contributed by atoms with Crippen molar-refractivity contribution in [3.05, 3.63) is 49.6 Å². The van der Waals surface area contributed by atoms with Crippen LogP contribution in [0.15, 0.2) is 27.8 Å². The number of hydrogen-bond acceptors (Lipinski definition) is 6. The van der Waals surface area contributed by atoms with E-state index in [0.717, 1.165) is 36.1 Å². The molecular weight excluding hydrogens is 426 g/mol. The first kappa shape index (κ1) is 20.6. The van der Waals surface area contributed by atoms with Crippen LogP contribution in [0.1, 0.15) is 25.3 Å². The number of amides is 1. The molecule has 158 valence electrons. The zero-order valence-corrected chi connectivity index (χ0v) is 18.3. The molecule has 1 aliphatic rings. The van der Waals surface area contributed by atoms with Gasteiger partial charge in [0.05, 0.1) is 10.7 Å². The summed E-state index contributed by atoms with van der Waals surface area (Å²) in [6.07, 6.45) is 2.14. The standard InChI is InChI=1S/C20H22ClN5O3S/c1-3-25-18(28)16-17(23-19(30-16)24-8-4-5-9-24)26(20(25)29)11-15(27)22-14-7-6-12(2)10-13(14)21/h6-7,10H,3-5,8-9,11H2,1-2H3,(H,22,27). The molecule has 3 aromatic rings. The lowest BCUT2D eigenvalue weighted by Gasteiger charge is -2.12. The van der Waals surface area contributed by atoms with Crippen molar-refractivity contribution in [3.63, 3.8) is 0 Å². The van der Waals surface area contributed by atoms with Crippen LogP contribution in [0.3, 0.4) is 0 Å². The molecule has 2 aromatic heterocycles. The summed E-state index contributed by atoms with van der Waals surface area (Å²) < 4.78 is 2.80. The van der Waals surface area contributed by atoms with E-state index in [1.165, 1.54) is 15.9 Å². The van der Waals surface area contributed by atoms with Gasteiger partial charge in [-0.3, -0.25) is 18.7 Å². The van der Waals surface area contributed by atoms with Crippen LogP contribution in [-0.2, 0) is 17.9 Å². The van der Waals surface area contributed by atoms with Gasteiger partial charge in [-0.05, 0) is 44.4 Å². The van der Waals surface area contributed by atoms with Crippen molar-refractivity contribution < 1.29 is 4.79 Å². The molecule has 8 nitrogen and oxygen atoms in total. The number of halogens is 1. The lowest BCUT2D eigenvalue weighted by molar-refractivity contribution is -0.116. The van der Waals surface area contributed by atoms with E-state index in [2.05, 4.69) is 15.2 Å². The fourth-order valence-corrected chi connectivity index (χ4v) is 4.94. The Morgan fingerprint density at radius 3 is 2.63 bits per heavy atom. The van der Waals surface area contributed by atoms with E-state index in [1.54, 1.807) is 19.1 Å². The van der Waals surface area contributed by atoms with E-state index in [1.807, 2.05) is 13.0 Å². The predicted molar refractivity (Wildman–Crippen MR) is 120 cm³/mol. The molecule has 1 aliphatic heterocycles. The second-order valence-electron chi connectivity index (χ2n) is 7.29. The molecule has 0 spiro atoms. The van der Waals surface area contributed by atoms with Crippen molar-refractivity contribution in [1.82, 2.24) is 14.1 Å². The van der Waals surface area contributed by atoms with Gasteiger partial charge in [0.1, 0.15) is 11.2 Å². The fourth-order valence-electron chi connectivity index (χ4n) is 3.59. The van der Waals surface area contributed by atoms with Gasteiger partial charge in [-0.1, -0.05) is 29.0 Å². The molecule has 0 aliphatic carbocycles. The number of nitrogens with one attached hydrogen (secondary N) is 1. The lowest BCUT2D eigenvalue weighted by Crippen LogP contribution is -2.41. The van der Waals surface area contributed by atoms with Crippen molar-refractivity contribution in [3.8, 4) is 0 Å².